The maximum absolute atomic E-state index is 5.58. The van der Waals surface area contributed by atoms with Gasteiger partial charge in [0, 0.05) is 6.04 Å². The minimum Gasteiger partial charge on any atom is -0.301 e. The summed E-state index contributed by atoms with van der Waals surface area (Å²) in [5, 5.41) is 3.66. The van der Waals surface area contributed by atoms with Crippen LogP contribution in [-0.4, -0.2) is 12.1 Å². The van der Waals surface area contributed by atoms with E-state index in [4.69, 9.17) is 6.42 Å². The van der Waals surface area contributed by atoms with E-state index in [-0.39, 0.29) is 6.04 Å². The van der Waals surface area contributed by atoms with Crippen molar-refractivity contribution >= 4 is 0 Å². The molecule has 0 amide bonds. The van der Waals surface area contributed by atoms with Crippen LogP contribution in [0.25, 0.3) is 0 Å². The van der Waals surface area contributed by atoms with Crippen molar-refractivity contribution in [2.24, 2.45) is 11.3 Å². The van der Waals surface area contributed by atoms with Crippen molar-refractivity contribution in [3.63, 3.8) is 0 Å². The summed E-state index contributed by atoms with van der Waals surface area (Å²) in [6.45, 7) is 9.37. The Balaban J connectivity index is 2.38. The molecule has 1 unspecified atom stereocenters. The lowest BCUT2D eigenvalue weighted by molar-refractivity contribution is 0.135. The first-order valence-corrected chi connectivity index (χ1v) is 7.75. The molecule has 0 bridgehead atoms. The standard InChI is InChI=1S/C17H31N/c1-6-9-15(7-2)18-16-12-10-14(11-13-16)17(4,5)8-3/h2,14-16,18H,6,8-13H2,1,3-5H3. The number of nitrogens with one attached hydrogen (secondary N) is 1. The summed E-state index contributed by atoms with van der Waals surface area (Å²) in [6, 6.07) is 0.942. The SMILES string of the molecule is C#CC(CCC)NC1CCC(C(C)(C)CC)CC1. The number of hydrogen-bond acceptors (Lipinski definition) is 1. The summed E-state index contributed by atoms with van der Waals surface area (Å²) >= 11 is 0. The second-order valence-electron chi connectivity index (χ2n) is 6.57. The molecule has 1 nitrogen and oxygen atoms in total. The molecule has 1 heteroatoms. The van der Waals surface area contributed by atoms with Gasteiger partial charge in [-0.25, -0.2) is 0 Å². The maximum Gasteiger partial charge on any atom is 0.0688 e. The number of terminal acetylenes is 1. The quantitative estimate of drug-likeness (QED) is 0.689. The molecule has 1 atom stereocenters. The Bertz CT molecular complexity index is 266. The highest BCUT2D eigenvalue weighted by Gasteiger charge is 2.31. The number of rotatable bonds is 6. The second kappa shape index (κ2) is 7.19. The van der Waals surface area contributed by atoms with E-state index in [1.54, 1.807) is 0 Å². The van der Waals surface area contributed by atoms with Crippen LogP contribution in [0.1, 0.15) is 72.6 Å². The van der Waals surface area contributed by atoms with Gasteiger partial charge in [0.25, 0.3) is 0 Å². The maximum atomic E-state index is 5.58. The third kappa shape index (κ3) is 4.32. The molecule has 0 aromatic carbocycles. The molecule has 1 rings (SSSR count). The smallest absolute Gasteiger partial charge is 0.0688 e. The zero-order valence-corrected chi connectivity index (χ0v) is 12.8. The fourth-order valence-corrected chi connectivity index (χ4v) is 3.12. The van der Waals surface area contributed by atoms with Gasteiger partial charge in [0.2, 0.25) is 0 Å². The first kappa shape index (κ1) is 15.6. The van der Waals surface area contributed by atoms with Crippen LogP contribution < -0.4 is 5.32 Å². The Kier molecular flexibility index (Phi) is 6.22. The Hall–Kier alpha value is -0.480. The second-order valence-corrected chi connectivity index (χ2v) is 6.57. The van der Waals surface area contributed by atoms with Crippen LogP contribution in [0.3, 0.4) is 0 Å². The highest BCUT2D eigenvalue weighted by Crippen LogP contribution is 2.40. The highest BCUT2D eigenvalue weighted by atomic mass is 14.9. The lowest BCUT2D eigenvalue weighted by Gasteiger charge is -2.39. The predicted octanol–water partition coefficient (Wildman–Crippen LogP) is 4.37. The van der Waals surface area contributed by atoms with Gasteiger partial charge in [0.05, 0.1) is 6.04 Å². The van der Waals surface area contributed by atoms with E-state index in [1.807, 2.05) is 0 Å². The van der Waals surface area contributed by atoms with Crippen molar-refractivity contribution in [2.75, 3.05) is 0 Å². The molecule has 1 N–H and O–H groups in total. The molecule has 0 heterocycles. The molecule has 0 spiro atoms. The van der Waals surface area contributed by atoms with E-state index in [9.17, 15) is 0 Å². The van der Waals surface area contributed by atoms with Gasteiger partial charge in [-0.2, -0.15) is 0 Å². The van der Waals surface area contributed by atoms with Crippen LogP contribution in [0.4, 0.5) is 0 Å². The zero-order valence-electron chi connectivity index (χ0n) is 12.8. The van der Waals surface area contributed by atoms with Crippen molar-refractivity contribution in [3.05, 3.63) is 0 Å². The molecule has 18 heavy (non-hydrogen) atoms. The molecule has 0 radical (unpaired) electrons. The lowest BCUT2D eigenvalue weighted by atomic mass is 9.69. The summed E-state index contributed by atoms with van der Waals surface area (Å²) in [6.07, 6.45) is 14.5. The minimum atomic E-state index is 0.288. The summed E-state index contributed by atoms with van der Waals surface area (Å²) < 4.78 is 0. The van der Waals surface area contributed by atoms with Crippen molar-refractivity contribution in [3.8, 4) is 12.3 Å². The topological polar surface area (TPSA) is 12.0 Å². The fraction of sp³-hybridized carbons (Fsp3) is 0.882. The summed E-state index contributed by atoms with van der Waals surface area (Å²) in [5.74, 6) is 3.79. The minimum absolute atomic E-state index is 0.288. The molecule has 0 aromatic rings. The van der Waals surface area contributed by atoms with Crippen molar-refractivity contribution in [2.45, 2.75) is 84.7 Å². The molecule has 1 fully saturated rings. The Morgan fingerprint density at radius 3 is 2.28 bits per heavy atom. The van der Waals surface area contributed by atoms with Gasteiger partial charge in [0.1, 0.15) is 0 Å². The fourth-order valence-electron chi connectivity index (χ4n) is 3.12. The van der Waals surface area contributed by atoms with Crippen LogP contribution in [0.2, 0.25) is 0 Å². The molecule has 1 saturated carbocycles. The van der Waals surface area contributed by atoms with Crippen LogP contribution in [0.15, 0.2) is 0 Å². The molecule has 104 valence electrons. The van der Waals surface area contributed by atoms with E-state index < -0.39 is 0 Å². The van der Waals surface area contributed by atoms with Gasteiger partial charge >= 0.3 is 0 Å². The average molecular weight is 249 g/mol. The Labute approximate surface area is 114 Å². The van der Waals surface area contributed by atoms with Gasteiger partial charge < -0.3 is 5.32 Å². The van der Waals surface area contributed by atoms with Crippen molar-refractivity contribution in [1.82, 2.24) is 5.32 Å². The van der Waals surface area contributed by atoms with E-state index in [0.717, 1.165) is 12.3 Å². The molecule has 0 aliphatic heterocycles. The van der Waals surface area contributed by atoms with Gasteiger partial charge in [-0.15, -0.1) is 6.42 Å². The van der Waals surface area contributed by atoms with E-state index >= 15 is 0 Å². The monoisotopic (exact) mass is 249 g/mol. The highest BCUT2D eigenvalue weighted by molar-refractivity contribution is 5.00. The van der Waals surface area contributed by atoms with Crippen LogP contribution in [0, 0.1) is 23.7 Å². The van der Waals surface area contributed by atoms with Gasteiger partial charge in [0.15, 0.2) is 0 Å². The first-order chi connectivity index (χ1) is 8.53. The predicted molar refractivity (Wildman–Crippen MR) is 80.5 cm³/mol. The zero-order chi connectivity index (χ0) is 13.6. The summed E-state index contributed by atoms with van der Waals surface area (Å²) in [5.41, 5.74) is 0.514. The van der Waals surface area contributed by atoms with E-state index in [1.165, 1.54) is 38.5 Å². The molecule has 0 saturated heterocycles. The van der Waals surface area contributed by atoms with Crippen LogP contribution >= 0.6 is 0 Å². The number of hydrogen-bond donors (Lipinski definition) is 1. The summed E-state index contributed by atoms with van der Waals surface area (Å²) in [4.78, 5) is 0. The van der Waals surface area contributed by atoms with Crippen molar-refractivity contribution in [1.29, 1.82) is 0 Å². The van der Waals surface area contributed by atoms with Gasteiger partial charge in [-0.3, -0.25) is 0 Å². The largest absolute Gasteiger partial charge is 0.301 e. The third-order valence-electron chi connectivity index (χ3n) is 4.96. The van der Waals surface area contributed by atoms with E-state index in [2.05, 4.69) is 38.9 Å². The van der Waals surface area contributed by atoms with Gasteiger partial charge in [-0.1, -0.05) is 46.5 Å². The third-order valence-corrected chi connectivity index (χ3v) is 4.96. The average Bonchev–Trinajstić information content (AvgIpc) is 2.39. The summed E-state index contributed by atoms with van der Waals surface area (Å²) in [7, 11) is 0. The molecular weight excluding hydrogens is 218 g/mol. The lowest BCUT2D eigenvalue weighted by Crippen LogP contribution is -2.41. The molecule has 1 aliphatic carbocycles. The first-order valence-electron chi connectivity index (χ1n) is 7.75. The molecular formula is C17H31N. The van der Waals surface area contributed by atoms with Crippen LogP contribution in [0.5, 0.6) is 0 Å². The van der Waals surface area contributed by atoms with Crippen molar-refractivity contribution < 1.29 is 0 Å². The Morgan fingerprint density at radius 1 is 1.22 bits per heavy atom. The molecule has 1 aliphatic rings. The normalized spacial score (nSPS) is 26.6. The van der Waals surface area contributed by atoms with Gasteiger partial charge in [-0.05, 0) is 43.4 Å². The molecule has 0 aromatic heterocycles. The van der Waals surface area contributed by atoms with E-state index in [0.29, 0.717) is 11.5 Å². The Morgan fingerprint density at radius 2 is 1.83 bits per heavy atom. The van der Waals surface area contributed by atoms with Crippen LogP contribution in [-0.2, 0) is 0 Å².